The predicted octanol–water partition coefficient (Wildman–Crippen LogP) is 0.654. The van der Waals surface area contributed by atoms with Gasteiger partial charge in [0, 0.05) is 12.2 Å². The van der Waals surface area contributed by atoms with E-state index in [0.717, 1.165) is 12.1 Å². The number of benzene rings is 1. The van der Waals surface area contributed by atoms with E-state index in [1.807, 2.05) is 0 Å². The summed E-state index contributed by atoms with van der Waals surface area (Å²) in [5, 5.41) is 13.9. The maximum atomic E-state index is 13.5. The Bertz CT molecular complexity index is 477. The second-order valence-electron chi connectivity index (χ2n) is 3.53. The Morgan fingerprint density at radius 2 is 2.11 bits per heavy atom. The van der Waals surface area contributed by atoms with Crippen molar-refractivity contribution >= 4 is 23.3 Å². The second-order valence-corrected chi connectivity index (χ2v) is 3.53. The average Bonchev–Trinajstić information content (AvgIpc) is 2.27. The van der Waals surface area contributed by atoms with Gasteiger partial charge in [0.05, 0.1) is 17.8 Å². The van der Waals surface area contributed by atoms with Gasteiger partial charge in [-0.25, -0.2) is 9.18 Å². The number of hydrogen-bond acceptors (Lipinski definition) is 4. The number of anilines is 2. The zero-order chi connectivity index (χ0) is 13.7. The normalized spacial score (nSPS) is 9.89. The van der Waals surface area contributed by atoms with E-state index in [1.165, 1.54) is 0 Å². The van der Waals surface area contributed by atoms with Crippen molar-refractivity contribution in [2.24, 2.45) is 0 Å². The fraction of sp³-hybridized carbons (Fsp3) is 0.273. The van der Waals surface area contributed by atoms with Gasteiger partial charge in [-0.1, -0.05) is 0 Å². The van der Waals surface area contributed by atoms with Gasteiger partial charge in [-0.05, 0) is 19.1 Å². The first kappa shape index (κ1) is 13.8. The van der Waals surface area contributed by atoms with E-state index >= 15 is 0 Å². The number of carbonyl (C=O) groups is 2. The zero-order valence-corrected chi connectivity index (χ0v) is 9.79. The summed E-state index contributed by atoms with van der Waals surface area (Å²) >= 11 is 0. The highest BCUT2D eigenvalue weighted by atomic mass is 19.1. The number of likely N-dealkylation sites (N-methyl/N-ethyl adjacent to an activating group) is 1. The molecule has 5 N–H and O–H groups in total. The monoisotopic (exact) mass is 255 g/mol. The molecule has 0 bridgehead atoms. The van der Waals surface area contributed by atoms with Crippen LogP contribution < -0.4 is 16.4 Å². The molecule has 0 radical (unpaired) electrons. The van der Waals surface area contributed by atoms with E-state index in [4.69, 9.17) is 10.8 Å². The van der Waals surface area contributed by atoms with E-state index in [2.05, 4.69) is 10.6 Å². The molecule has 0 heterocycles. The Balaban J connectivity index is 2.86. The summed E-state index contributed by atoms with van der Waals surface area (Å²) in [6.07, 6.45) is 0. The minimum absolute atomic E-state index is 0.0761. The van der Waals surface area contributed by atoms with E-state index < -0.39 is 11.8 Å². The minimum atomic E-state index is -1.26. The zero-order valence-electron chi connectivity index (χ0n) is 9.79. The van der Waals surface area contributed by atoms with Crippen LogP contribution in [0.2, 0.25) is 0 Å². The largest absolute Gasteiger partial charge is 0.478 e. The highest BCUT2D eigenvalue weighted by Crippen LogP contribution is 2.22. The number of carbonyl (C=O) groups excluding carboxylic acids is 1. The van der Waals surface area contributed by atoms with Crippen molar-refractivity contribution in [1.29, 1.82) is 0 Å². The lowest BCUT2D eigenvalue weighted by atomic mass is 10.1. The van der Waals surface area contributed by atoms with Crippen LogP contribution in [0.1, 0.15) is 17.3 Å². The van der Waals surface area contributed by atoms with Crippen molar-refractivity contribution in [3.8, 4) is 0 Å². The molecule has 0 saturated heterocycles. The molecule has 0 aliphatic rings. The van der Waals surface area contributed by atoms with Gasteiger partial charge in [-0.15, -0.1) is 0 Å². The molecule has 7 heteroatoms. The molecular formula is C11H14FN3O3. The van der Waals surface area contributed by atoms with Crippen LogP contribution >= 0.6 is 0 Å². The van der Waals surface area contributed by atoms with Gasteiger partial charge in [0.15, 0.2) is 0 Å². The maximum Gasteiger partial charge on any atom is 0.337 e. The molecule has 0 atom stereocenters. The number of nitrogens with one attached hydrogen (secondary N) is 2. The number of carboxylic acid groups (broad SMARTS) is 1. The average molecular weight is 255 g/mol. The van der Waals surface area contributed by atoms with Crippen molar-refractivity contribution in [2.75, 3.05) is 24.1 Å². The number of rotatable bonds is 5. The van der Waals surface area contributed by atoms with Crippen LogP contribution in [0.5, 0.6) is 0 Å². The van der Waals surface area contributed by atoms with Gasteiger partial charge in [-0.2, -0.15) is 0 Å². The van der Waals surface area contributed by atoms with Crippen LogP contribution in [-0.4, -0.2) is 30.1 Å². The SMILES string of the molecule is CCNC(=O)CNc1cc(C(=O)O)c(N)cc1F. The molecule has 0 aliphatic carbocycles. The van der Waals surface area contributed by atoms with E-state index in [0.29, 0.717) is 6.54 Å². The van der Waals surface area contributed by atoms with E-state index in [-0.39, 0.29) is 29.4 Å². The molecule has 0 unspecified atom stereocenters. The number of aromatic carboxylic acids is 1. The lowest BCUT2D eigenvalue weighted by molar-refractivity contribution is -0.119. The number of amides is 1. The fourth-order valence-electron chi connectivity index (χ4n) is 1.34. The topological polar surface area (TPSA) is 104 Å². The smallest absolute Gasteiger partial charge is 0.337 e. The molecule has 1 aromatic carbocycles. The van der Waals surface area contributed by atoms with Crippen molar-refractivity contribution in [3.05, 3.63) is 23.5 Å². The number of carboxylic acids is 1. The number of halogens is 1. The summed E-state index contributed by atoms with van der Waals surface area (Å²) in [6.45, 7) is 2.07. The highest BCUT2D eigenvalue weighted by Gasteiger charge is 2.13. The third kappa shape index (κ3) is 3.34. The molecule has 1 amide bonds. The fourth-order valence-corrected chi connectivity index (χ4v) is 1.34. The van der Waals surface area contributed by atoms with Gasteiger partial charge >= 0.3 is 5.97 Å². The molecule has 0 fully saturated rings. The minimum Gasteiger partial charge on any atom is -0.478 e. The molecule has 0 aromatic heterocycles. The number of nitrogen functional groups attached to an aromatic ring is 1. The molecule has 0 spiro atoms. The maximum absolute atomic E-state index is 13.5. The summed E-state index contributed by atoms with van der Waals surface area (Å²) in [5.41, 5.74) is 4.91. The van der Waals surface area contributed by atoms with Gasteiger partial charge in [0.1, 0.15) is 5.82 Å². The quantitative estimate of drug-likeness (QED) is 0.578. The van der Waals surface area contributed by atoms with Crippen molar-refractivity contribution < 1.29 is 19.1 Å². The Morgan fingerprint density at radius 1 is 1.44 bits per heavy atom. The number of nitrogens with two attached hydrogens (primary N) is 1. The molecule has 1 rings (SSSR count). The van der Waals surface area contributed by atoms with Crippen molar-refractivity contribution in [1.82, 2.24) is 5.32 Å². The molecule has 0 saturated carbocycles. The highest BCUT2D eigenvalue weighted by molar-refractivity contribution is 5.95. The van der Waals surface area contributed by atoms with Crippen LogP contribution in [-0.2, 0) is 4.79 Å². The van der Waals surface area contributed by atoms with Crippen LogP contribution in [0.15, 0.2) is 12.1 Å². The molecule has 6 nitrogen and oxygen atoms in total. The van der Waals surface area contributed by atoms with Crippen LogP contribution in [0, 0.1) is 5.82 Å². The van der Waals surface area contributed by atoms with Crippen molar-refractivity contribution in [3.63, 3.8) is 0 Å². The third-order valence-electron chi connectivity index (χ3n) is 2.18. The Hall–Kier alpha value is -2.31. The van der Waals surface area contributed by atoms with Crippen molar-refractivity contribution in [2.45, 2.75) is 6.92 Å². The Morgan fingerprint density at radius 3 is 2.67 bits per heavy atom. The molecule has 98 valence electrons. The van der Waals surface area contributed by atoms with Crippen LogP contribution in [0.25, 0.3) is 0 Å². The Labute approximate surface area is 103 Å². The van der Waals surface area contributed by atoms with E-state index in [9.17, 15) is 14.0 Å². The third-order valence-corrected chi connectivity index (χ3v) is 2.18. The number of hydrogen-bond donors (Lipinski definition) is 4. The molecule has 18 heavy (non-hydrogen) atoms. The first-order chi connectivity index (χ1) is 8.45. The summed E-state index contributed by atoms with van der Waals surface area (Å²) < 4.78 is 13.5. The summed E-state index contributed by atoms with van der Waals surface area (Å²) in [5.74, 6) is -2.28. The first-order valence-corrected chi connectivity index (χ1v) is 5.28. The lowest BCUT2D eigenvalue weighted by Crippen LogP contribution is -2.29. The summed E-state index contributed by atoms with van der Waals surface area (Å²) in [6, 6.07) is 1.97. The summed E-state index contributed by atoms with van der Waals surface area (Å²) in [4.78, 5) is 22.0. The molecule has 0 aliphatic heterocycles. The van der Waals surface area contributed by atoms with Crippen LogP contribution in [0.4, 0.5) is 15.8 Å². The standard InChI is InChI=1S/C11H14FN3O3/c1-2-14-10(16)5-15-9-3-6(11(17)18)8(13)4-7(9)12/h3-4,15H,2,5,13H2,1H3,(H,14,16)(H,17,18). The summed E-state index contributed by atoms with van der Waals surface area (Å²) in [7, 11) is 0. The van der Waals surface area contributed by atoms with Crippen LogP contribution in [0.3, 0.4) is 0 Å². The lowest BCUT2D eigenvalue weighted by Gasteiger charge is -2.10. The molecular weight excluding hydrogens is 241 g/mol. The predicted molar refractivity (Wildman–Crippen MR) is 64.9 cm³/mol. The van der Waals surface area contributed by atoms with E-state index in [1.54, 1.807) is 6.92 Å². The Kier molecular flexibility index (Phi) is 4.47. The van der Waals surface area contributed by atoms with Gasteiger partial charge < -0.3 is 21.5 Å². The van der Waals surface area contributed by atoms with Gasteiger partial charge in [0.25, 0.3) is 0 Å². The van der Waals surface area contributed by atoms with Gasteiger partial charge in [-0.3, -0.25) is 4.79 Å². The second kappa shape index (κ2) is 5.85. The van der Waals surface area contributed by atoms with Gasteiger partial charge in [0.2, 0.25) is 5.91 Å². The molecule has 1 aromatic rings. The first-order valence-electron chi connectivity index (χ1n) is 5.28.